The zero-order valence-corrected chi connectivity index (χ0v) is 17.4. The molecule has 2 aromatic carbocycles. The van der Waals surface area contributed by atoms with Crippen molar-refractivity contribution >= 4 is 45.6 Å². The molecule has 0 saturated heterocycles. The number of thiazole rings is 1. The Morgan fingerprint density at radius 2 is 1.90 bits per heavy atom. The first-order valence-electron chi connectivity index (χ1n) is 9.46. The molecule has 7 nitrogen and oxygen atoms in total. The third kappa shape index (κ3) is 4.08. The molecule has 8 heteroatoms. The SMILES string of the molecule is CC(=O)Nc1cccc(C(=O)Nc2nc(-c3ccc4c(c3)N(C(C)=O)CC4)cs2)c1. The molecule has 3 amide bonds. The second-order valence-electron chi connectivity index (χ2n) is 7.02. The highest BCUT2D eigenvalue weighted by molar-refractivity contribution is 7.14. The Bertz CT molecular complexity index is 1150. The summed E-state index contributed by atoms with van der Waals surface area (Å²) in [5.74, 6) is -0.478. The number of nitrogens with zero attached hydrogens (tertiary/aromatic N) is 2. The largest absolute Gasteiger partial charge is 0.326 e. The summed E-state index contributed by atoms with van der Waals surface area (Å²) in [6.07, 6.45) is 0.852. The molecule has 1 aliphatic heterocycles. The fraction of sp³-hybridized carbons (Fsp3) is 0.182. The van der Waals surface area contributed by atoms with Crippen molar-refractivity contribution in [3.63, 3.8) is 0 Å². The van der Waals surface area contributed by atoms with Crippen molar-refractivity contribution in [3.05, 3.63) is 59.0 Å². The topological polar surface area (TPSA) is 91.4 Å². The maximum Gasteiger partial charge on any atom is 0.257 e. The molecule has 1 aliphatic rings. The van der Waals surface area contributed by atoms with E-state index in [1.54, 1.807) is 36.1 Å². The van der Waals surface area contributed by atoms with Gasteiger partial charge in [0.15, 0.2) is 5.13 Å². The molecule has 0 saturated carbocycles. The van der Waals surface area contributed by atoms with Gasteiger partial charge < -0.3 is 10.2 Å². The molecule has 4 rings (SSSR count). The van der Waals surface area contributed by atoms with Gasteiger partial charge >= 0.3 is 0 Å². The van der Waals surface area contributed by atoms with E-state index in [1.165, 1.54) is 18.3 Å². The Morgan fingerprint density at radius 1 is 1.07 bits per heavy atom. The number of anilines is 3. The Balaban J connectivity index is 1.51. The monoisotopic (exact) mass is 420 g/mol. The summed E-state index contributed by atoms with van der Waals surface area (Å²) < 4.78 is 0. The number of amides is 3. The van der Waals surface area contributed by atoms with Crippen LogP contribution in [0.1, 0.15) is 29.8 Å². The van der Waals surface area contributed by atoms with Crippen LogP contribution in [0.4, 0.5) is 16.5 Å². The first kappa shape index (κ1) is 19.8. The molecule has 2 N–H and O–H groups in total. The lowest BCUT2D eigenvalue weighted by Crippen LogP contribution is -2.25. The molecule has 0 unspecified atom stereocenters. The third-order valence-electron chi connectivity index (χ3n) is 4.83. The molecule has 152 valence electrons. The smallest absolute Gasteiger partial charge is 0.257 e. The van der Waals surface area contributed by atoms with Crippen LogP contribution < -0.4 is 15.5 Å². The van der Waals surface area contributed by atoms with Crippen LogP contribution in [-0.4, -0.2) is 29.3 Å². The predicted molar refractivity (Wildman–Crippen MR) is 118 cm³/mol. The van der Waals surface area contributed by atoms with Gasteiger partial charge in [-0.15, -0.1) is 11.3 Å². The van der Waals surface area contributed by atoms with E-state index in [0.717, 1.165) is 28.9 Å². The summed E-state index contributed by atoms with van der Waals surface area (Å²) in [7, 11) is 0. The minimum Gasteiger partial charge on any atom is -0.326 e. The van der Waals surface area contributed by atoms with Gasteiger partial charge in [-0.25, -0.2) is 4.98 Å². The van der Waals surface area contributed by atoms with Crippen LogP contribution in [0.15, 0.2) is 47.8 Å². The number of nitrogens with one attached hydrogen (secondary N) is 2. The van der Waals surface area contributed by atoms with Crippen LogP contribution in [0.5, 0.6) is 0 Å². The number of rotatable bonds is 4. The molecule has 0 atom stereocenters. The van der Waals surface area contributed by atoms with Gasteiger partial charge in [0, 0.05) is 48.3 Å². The maximum absolute atomic E-state index is 12.6. The standard InChI is InChI=1S/C22H20N4O3S/c1-13(27)23-18-5-3-4-17(10-18)21(29)25-22-24-19(12-30-22)16-7-6-15-8-9-26(14(2)28)20(15)11-16/h3-7,10-12H,8-9H2,1-2H3,(H,23,27)(H,24,25,29). The second-order valence-corrected chi connectivity index (χ2v) is 7.88. The maximum atomic E-state index is 12.6. The van der Waals surface area contributed by atoms with E-state index in [0.29, 0.717) is 22.9 Å². The fourth-order valence-electron chi connectivity index (χ4n) is 3.44. The average molecular weight is 420 g/mol. The van der Waals surface area contributed by atoms with Crippen LogP contribution >= 0.6 is 11.3 Å². The first-order chi connectivity index (χ1) is 14.4. The summed E-state index contributed by atoms with van der Waals surface area (Å²) in [5.41, 5.74) is 4.69. The lowest BCUT2D eigenvalue weighted by atomic mass is 10.1. The van der Waals surface area contributed by atoms with Crippen molar-refractivity contribution in [2.75, 3.05) is 22.1 Å². The quantitative estimate of drug-likeness (QED) is 0.669. The number of benzene rings is 2. The second kappa shape index (κ2) is 8.08. The van der Waals surface area contributed by atoms with Crippen molar-refractivity contribution < 1.29 is 14.4 Å². The van der Waals surface area contributed by atoms with Crippen LogP contribution in [0.3, 0.4) is 0 Å². The lowest BCUT2D eigenvalue weighted by molar-refractivity contribution is -0.116. The van der Waals surface area contributed by atoms with Crippen LogP contribution in [0.25, 0.3) is 11.3 Å². The van der Waals surface area contributed by atoms with Crippen molar-refractivity contribution in [2.24, 2.45) is 0 Å². The van der Waals surface area contributed by atoms with Crippen molar-refractivity contribution in [3.8, 4) is 11.3 Å². The number of carbonyl (C=O) groups is 3. The Morgan fingerprint density at radius 3 is 2.67 bits per heavy atom. The third-order valence-corrected chi connectivity index (χ3v) is 5.58. The number of hydrogen-bond acceptors (Lipinski definition) is 5. The van der Waals surface area contributed by atoms with Gasteiger partial charge in [-0.05, 0) is 36.2 Å². The van der Waals surface area contributed by atoms with E-state index < -0.39 is 0 Å². The molecule has 0 bridgehead atoms. The summed E-state index contributed by atoms with van der Waals surface area (Å²) in [6, 6.07) is 12.7. The number of aromatic nitrogens is 1. The van der Waals surface area contributed by atoms with E-state index in [1.807, 2.05) is 23.6 Å². The summed E-state index contributed by atoms with van der Waals surface area (Å²) >= 11 is 1.33. The van der Waals surface area contributed by atoms with E-state index in [-0.39, 0.29) is 17.7 Å². The summed E-state index contributed by atoms with van der Waals surface area (Å²) in [6.45, 7) is 3.68. The highest BCUT2D eigenvalue weighted by atomic mass is 32.1. The van der Waals surface area contributed by atoms with E-state index in [4.69, 9.17) is 0 Å². The molecule has 1 aromatic heterocycles. The first-order valence-corrected chi connectivity index (χ1v) is 10.3. The van der Waals surface area contributed by atoms with Gasteiger partial charge in [-0.2, -0.15) is 0 Å². The summed E-state index contributed by atoms with van der Waals surface area (Å²) in [5, 5.41) is 7.81. The van der Waals surface area contributed by atoms with Gasteiger partial charge in [0.05, 0.1) is 5.69 Å². The highest BCUT2D eigenvalue weighted by Crippen LogP contribution is 2.34. The minimum absolute atomic E-state index is 0.0265. The zero-order valence-electron chi connectivity index (χ0n) is 16.6. The Labute approximate surface area is 177 Å². The molecule has 0 aliphatic carbocycles. The number of carbonyl (C=O) groups excluding carboxylic acids is 3. The normalized spacial score (nSPS) is 12.4. The fourth-order valence-corrected chi connectivity index (χ4v) is 4.15. The molecule has 0 spiro atoms. The van der Waals surface area contributed by atoms with Crippen LogP contribution in [-0.2, 0) is 16.0 Å². The molecule has 0 radical (unpaired) electrons. The molecule has 0 fully saturated rings. The van der Waals surface area contributed by atoms with Crippen LogP contribution in [0, 0.1) is 0 Å². The number of hydrogen-bond donors (Lipinski definition) is 2. The van der Waals surface area contributed by atoms with Gasteiger partial charge in [-0.3, -0.25) is 19.7 Å². The van der Waals surface area contributed by atoms with Gasteiger partial charge in [0.2, 0.25) is 11.8 Å². The van der Waals surface area contributed by atoms with Crippen molar-refractivity contribution in [1.29, 1.82) is 0 Å². The highest BCUT2D eigenvalue weighted by Gasteiger charge is 2.23. The van der Waals surface area contributed by atoms with E-state index >= 15 is 0 Å². The van der Waals surface area contributed by atoms with E-state index in [2.05, 4.69) is 15.6 Å². The Hall–Kier alpha value is -3.52. The Kier molecular flexibility index (Phi) is 5.33. The minimum atomic E-state index is -0.306. The predicted octanol–water partition coefficient (Wildman–Crippen LogP) is 3.93. The van der Waals surface area contributed by atoms with Crippen molar-refractivity contribution in [1.82, 2.24) is 4.98 Å². The average Bonchev–Trinajstić information content (AvgIpc) is 3.34. The molecular weight excluding hydrogens is 400 g/mol. The van der Waals surface area contributed by atoms with E-state index in [9.17, 15) is 14.4 Å². The zero-order chi connectivity index (χ0) is 21.3. The molecule has 3 aromatic rings. The van der Waals surface area contributed by atoms with Crippen LogP contribution in [0.2, 0.25) is 0 Å². The molecule has 30 heavy (non-hydrogen) atoms. The molecule has 2 heterocycles. The van der Waals surface area contributed by atoms with Gasteiger partial charge in [0.25, 0.3) is 5.91 Å². The number of fused-ring (bicyclic) bond motifs is 1. The molecular formula is C22H20N4O3S. The van der Waals surface area contributed by atoms with Gasteiger partial charge in [-0.1, -0.05) is 18.2 Å². The van der Waals surface area contributed by atoms with Gasteiger partial charge in [0.1, 0.15) is 0 Å². The lowest BCUT2D eigenvalue weighted by Gasteiger charge is -2.15. The summed E-state index contributed by atoms with van der Waals surface area (Å²) in [4.78, 5) is 41.9. The van der Waals surface area contributed by atoms with Crippen molar-refractivity contribution in [2.45, 2.75) is 20.3 Å².